The fraction of sp³-hybridized carbons (Fsp3) is 0.409. The molecule has 1 heterocycles. The molecule has 0 aliphatic rings. The maximum atomic E-state index is 13.0. The minimum Gasteiger partial charge on any atom is -0.343 e. The zero-order chi connectivity index (χ0) is 21.9. The zero-order valence-corrected chi connectivity index (χ0v) is 18.2. The number of hydrazine groups is 1. The number of nitrogens with zero attached hydrogens (tertiary/aromatic N) is 1. The van der Waals surface area contributed by atoms with Gasteiger partial charge in [-0.3, -0.25) is 25.2 Å². The van der Waals surface area contributed by atoms with Gasteiger partial charge in [0.2, 0.25) is 11.8 Å². The summed E-state index contributed by atoms with van der Waals surface area (Å²) in [5, 5.41) is 0. The SMILES string of the molecule is CCCN(CCC)C(=O)CCCC(=O)NNC(=O)c1ccc(-c2ccc(F)cc2)s1. The Hall–Kier alpha value is -2.74. The first kappa shape index (κ1) is 23.5. The summed E-state index contributed by atoms with van der Waals surface area (Å²) < 4.78 is 13.0. The Morgan fingerprint density at radius 1 is 0.933 bits per heavy atom. The van der Waals surface area contributed by atoms with Gasteiger partial charge in [0.1, 0.15) is 5.82 Å². The molecule has 0 spiro atoms. The van der Waals surface area contributed by atoms with Gasteiger partial charge in [-0.15, -0.1) is 11.3 Å². The lowest BCUT2D eigenvalue weighted by Gasteiger charge is -2.21. The lowest BCUT2D eigenvalue weighted by molar-refractivity contribution is -0.131. The van der Waals surface area contributed by atoms with Gasteiger partial charge >= 0.3 is 0 Å². The molecule has 1 aromatic heterocycles. The van der Waals surface area contributed by atoms with Crippen molar-refractivity contribution in [1.82, 2.24) is 15.8 Å². The Morgan fingerprint density at radius 2 is 1.60 bits per heavy atom. The van der Waals surface area contributed by atoms with Crippen LogP contribution in [-0.4, -0.2) is 35.7 Å². The van der Waals surface area contributed by atoms with Gasteiger partial charge in [0, 0.05) is 30.8 Å². The van der Waals surface area contributed by atoms with Crippen molar-refractivity contribution >= 4 is 29.1 Å². The predicted molar refractivity (Wildman–Crippen MR) is 116 cm³/mol. The summed E-state index contributed by atoms with van der Waals surface area (Å²) in [7, 11) is 0. The molecule has 0 fully saturated rings. The molecule has 2 N–H and O–H groups in total. The van der Waals surface area contributed by atoms with E-state index in [0.29, 0.717) is 17.7 Å². The van der Waals surface area contributed by atoms with Crippen molar-refractivity contribution in [1.29, 1.82) is 0 Å². The number of carbonyl (C=O) groups excluding carboxylic acids is 3. The Bertz CT molecular complexity index is 846. The molecule has 0 saturated carbocycles. The first-order valence-corrected chi connectivity index (χ1v) is 11.0. The predicted octanol–water partition coefficient (Wildman–Crippen LogP) is 4.13. The Kier molecular flexibility index (Phi) is 9.47. The fourth-order valence-corrected chi connectivity index (χ4v) is 3.85. The van der Waals surface area contributed by atoms with Crippen LogP contribution in [0.3, 0.4) is 0 Å². The highest BCUT2D eigenvalue weighted by Gasteiger charge is 2.14. The Balaban J connectivity index is 1.75. The summed E-state index contributed by atoms with van der Waals surface area (Å²) in [6.07, 6.45) is 2.71. The summed E-state index contributed by atoms with van der Waals surface area (Å²) in [4.78, 5) is 39.5. The van der Waals surface area contributed by atoms with Gasteiger partial charge in [0.05, 0.1) is 4.88 Å². The molecule has 0 saturated heterocycles. The largest absolute Gasteiger partial charge is 0.343 e. The van der Waals surface area contributed by atoms with Gasteiger partial charge in [-0.1, -0.05) is 26.0 Å². The van der Waals surface area contributed by atoms with E-state index in [9.17, 15) is 18.8 Å². The third-order valence-corrected chi connectivity index (χ3v) is 5.54. The van der Waals surface area contributed by atoms with E-state index < -0.39 is 5.91 Å². The van der Waals surface area contributed by atoms with Crippen LogP contribution in [0.1, 0.15) is 55.6 Å². The fourth-order valence-electron chi connectivity index (χ4n) is 2.94. The molecule has 0 aliphatic carbocycles. The number of amides is 3. The van der Waals surface area contributed by atoms with Crippen molar-refractivity contribution < 1.29 is 18.8 Å². The van der Waals surface area contributed by atoms with Crippen molar-refractivity contribution in [2.45, 2.75) is 46.0 Å². The monoisotopic (exact) mass is 433 g/mol. The van der Waals surface area contributed by atoms with Gasteiger partial charge in [0.25, 0.3) is 5.91 Å². The first-order valence-electron chi connectivity index (χ1n) is 10.2. The normalized spacial score (nSPS) is 10.5. The average molecular weight is 434 g/mol. The van der Waals surface area contributed by atoms with E-state index in [1.165, 1.54) is 23.5 Å². The lowest BCUT2D eigenvalue weighted by atomic mass is 10.2. The van der Waals surface area contributed by atoms with Gasteiger partial charge in [-0.25, -0.2) is 4.39 Å². The molecule has 2 rings (SSSR count). The highest BCUT2D eigenvalue weighted by molar-refractivity contribution is 7.17. The maximum absolute atomic E-state index is 13.0. The van der Waals surface area contributed by atoms with Crippen LogP contribution in [-0.2, 0) is 9.59 Å². The minimum absolute atomic E-state index is 0.0578. The molecule has 30 heavy (non-hydrogen) atoms. The number of nitrogens with one attached hydrogen (secondary N) is 2. The highest BCUT2D eigenvalue weighted by atomic mass is 32.1. The van der Waals surface area contributed by atoms with E-state index in [2.05, 4.69) is 10.9 Å². The van der Waals surface area contributed by atoms with Crippen LogP contribution in [0.4, 0.5) is 4.39 Å². The molecule has 1 aromatic carbocycles. The summed E-state index contributed by atoms with van der Waals surface area (Å²) in [6, 6.07) is 9.45. The molecular formula is C22H28FN3O3S. The van der Waals surface area contributed by atoms with E-state index in [-0.39, 0.29) is 24.1 Å². The van der Waals surface area contributed by atoms with Crippen molar-refractivity contribution in [2.75, 3.05) is 13.1 Å². The topological polar surface area (TPSA) is 78.5 Å². The number of halogens is 1. The van der Waals surface area contributed by atoms with E-state index in [4.69, 9.17) is 0 Å². The Morgan fingerprint density at radius 3 is 2.23 bits per heavy atom. The molecule has 2 aromatic rings. The smallest absolute Gasteiger partial charge is 0.279 e. The number of thiophene rings is 1. The summed E-state index contributed by atoms with van der Waals surface area (Å²) >= 11 is 1.25. The molecule has 0 radical (unpaired) electrons. The van der Waals surface area contributed by atoms with Crippen LogP contribution >= 0.6 is 11.3 Å². The van der Waals surface area contributed by atoms with Crippen LogP contribution in [0.2, 0.25) is 0 Å². The molecule has 0 aliphatic heterocycles. The average Bonchev–Trinajstić information content (AvgIpc) is 3.22. The van der Waals surface area contributed by atoms with Crippen molar-refractivity contribution in [3.8, 4) is 10.4 Å². The van der Waals surface area contributed by atoms with Crippen LogP contribution in [0.25, 0.3) is 10.4 Å². The van der Waals surface area contributed by atoms with Crippen molar-refractivity contribution in [3.63, 3.8) is 0 Å². The van der Waals surface area contributed by atoms with E-state index >= 15 is 0 Å². The Labute approximate surface area is 180 Å². The second-order valence-corrected chi connectivity index (χ2v) is 7.99. The van der Waals surface area contributed by atoms with Crippen LogP contribution in [0, 0.1) is 5.82 Å². The molecule has 162 valence electrons. The summed E-state index contributed by atoms with van der Waals surface area (Å²) in [5.74, 6) is -1.03. The van der Waals surface area contributed by atoms with Gasteiger partial charge < -0.3 is 4.90 Å². The first-order chi connectivity index (χ1) is 14.4. The second-order valence-electron chi connectivity index (χ2n) is 6.91. The maximum Gasteiger partial charge on any atom is 0.279 e. The number of hydrogen-bond acceptors (Lipinski definition) is 4. The third kappa shape index (κ3) is 7.26. The molecule has 8 heteroatoms. The molecule has 0 unspecified atom stereocenters. The number of hydrogen-bond donors (Lipinski definition) is 2. The molecule has 3 amide bonds. The molecule has 6 nitrogen and oxygen atoms in total. The van der Waals surface area contributed by atoms with E-state index in [0.717, 1.165) is 36.4 Å². The van der Waals surface area contributed by atoms with Crippen LogP contribution in [0.5, 0.6) is 0 Å². The van der Waals surface area contributed by atoms with E-state index in [1.807, 2.05) is 18.7 Å². The standard InChI is InChI=1S/C22H28FN3O3S/c1-3-14-26(15-4-2)21(28)7-5-6-20(27)24-25-22(29)19-13-12-18(30-19)16-8-10-17(23)11-9-16/h8-13H,3-7,14-15H2,1-2H3,(H,24,27)(H,25,29). The van der Waals surface area contributed by atoms with Gasteiger partial charge in [-0.05, 0) is 49.1 Å². The third-order valence-electron chi connectivity index (χ3n) is 4.41. The zero-order valence-electron chi connectivity index (χ0n) is 17.4. The van der Waals surface area contributed by atoms with Gasteiger partial charge in [0.15, 0.2) is 0 Å². The quantitative estimate of drug-likeness (QED) is 0.553. The molecular weight excluding hydrogens is 405 g/mol. The highest BCUT2D eigenvalue weighted by Crippen LogP contribution is 2.28. The molecule has 0 bridgehead atoms. The summed E-state index contributed by atoms with van der Waals surface area (Å²) in [6.45, 7) is 5.52. The van der Waals surface area contributed by atoms with E-state index in [1.54, 1.807) is 24.3 Å². The van der Waals surface area contributed by atoms with Crippen LogP contribution in [0.15, 0.2) is 36.4 Å². The number of carbonyl (C=O) groups is 3. The van der Waals surface area contributed by atoms with Crippen molar-refractivity contribution in [2.24, 2.45) is 0 Å². The number of benzene rings is 1. The molecule has 0 atom stereocenters. The summed E-state index contributed by atoms with van der Waals surface area (Å²) in [5.41, 5.74) is 5.59. The second kappa shape index (κ2) is 12.1. The van der Waals surface area contributed by atoms with Crippen molar-refractivity contribution in [3.05, 3.63) is 47.1 Å². The minimum atomic E-state index is -0.421. The van der Waals surface area contributed by atoms with Crippen LogP contribution < -0.4 is 10.9 Å². The number of rotatable bonds is 10. The lowest BCUT2D eigenvalue weighted by Crippen LogP contribution is -2.41. The van der Waals surface area contributed by atoms with Gasteiger partial charge in [-0.2, -0.15) is 0 Å².